The van der Waals surface area contributed by atoms with Crippen LogP contribution in [0.4, 0.5) is 10.1 Å². The van der Waals surface area contributed by atoms with Crippen molar-refractivity contribution in [1.29, 1.82) is 0 Å². The van der Waals surface area contributed by atoms with Gasteiger partial charge >= 0.3 is 0 Å². The highest BCUT2D eigenvalue weighted by molar-refractivity contribution is 6.42. The van der Waals surface area contributed by atoms with Crippen LogP contribution in [0, 0.1) is 5.82 Å². The van der Waals surface area contributed by atoms with Crippen molar-refractivity contribution in [3.63, 3.8) is 0 Å². The van der Waals surface area contributed by atoms with Gasteiger partial charge in [0.25, 0.3) is 0 Å². The Morgan fingerprint density at radius 1 is 0.947 bits per heavy atom. The molecule has 19 heavy (non-hydrogen) atoms. The fourth-order valence-corrected chi connectivity index (χ4v) is 2.12. The number of halogens is 4. The molecule has 0 heterocycles. The topological polar surface area (TPSA) is 12.0 Å². The Kier molecular flexibility index (Phi) is 4.56. The molecule has 1 N–H and O–H groups in total. The standard InChI is InChI=1S/C14H11Cl3FN/c1-8(9-2-4-12(16)14(18)6-9)19-10-3-5-11(15)13(17)7-10/h2-8,19H,1H3. The van der Waals surface area contributed by atoms with Crippen LogP contribution in [0.5, 0.6) is 0 Å². The molecular weight excluding hydrogens is 308 g/mol. The molecule has 0 aliphatic rings. The Morgan fingerprint density at radius 2 is 1.63 bits per heavy atom. The predicted molar refractivity (Wildman–Crippen MR) is 79.9 cm³/mol. The van der Waals surface area contributed by atoms with Crippen LogP contribution < -0.4 is 5.32 Å². The van der Waals surface area contributed by atoms with E-state index in [0.717, 1.165) is 11.3 Å². The van der Waals surface area contributed by atoms with Gasteiger partial charge in [0.15, 0.2) is 0 Å². The van der Waals surface area contributed by atoms with Crippen molar-refractivity contribution in [3.05, 3.63) is 62.8 Å². The molecule has 2 aromatic carbocycles. The molecule has 0 fully saturated rings. The summed E-state index contributed by atoms with van der Waals surface area (Å²) in [4.78, 5) is 0. The minimum absolute atomic E-state index is 0.0796. The molecule has 1 nitrogen and oxygen atoms in total. The molecule has 0 spiro atoms. The van der Waals surface area contributed by atoms with Crippen LogP contribution in [0.3, 0.4) is 0 Å². The van der Waals surface area contributed by atoms with Gasteiger partial charge in [-0.2, -0.15) is 0 Å². The Balaban J connectivity index is 2.17. The fraction of sp³-hybridized carbons (Fsp3) is 0.143. The zero-order valence-electron chi connectivity index (χ0n) is 10.1. The predicted octanol–water partition coefficient (Wildman–Crippen LogP) is 5.96. The smallest absolute Gasteiger partial charge is 0.142 e. The lowest BCUT2D eigenvalue weighted by Gasteiger charge is -2.16. The summed E-state index contributed by atoms with van der Waals surface area (Å²) < 4.78 is 13.4. The first-order chi connectivity index (χ1) is 8.97. The SMILES string of the molecule is CC(Nc1ccc(Cl)c(Cl)c1)c1ccc(Cl)c(F)c1. The molecule has 5 heteroatoms. The molecule has 0 aromatic heterocycles. The maximum Gasteiger partial charge on any atom is 0.142 e. The fourth-order valence-electron chi connectivity index (χ4n) is 1.70. The third-order valence-corrected chi connectivity index (χ3v) is 3.79. The largest absolute Gasteiger partial charge is 0.378 e. The van der Waals surface area contributed by atoms with E-state index in [2.05, 4.69) is 5.32 Å². The molecule has 2 aromatic rings. The summed E-state index contributed by atoms with van der Waals surface area (Å²) in [5, 5.41) is 4.31. The highest BCUT2D eigenvalue weighted by Crippen LogP contribution is 2.28. The van der Waals surface area contributed by atoms with Gasteiger partial charge in [-0.25, -0.2) is 4.39 Å². The molecule has 0 saturated carbocycles. The minimum Gasteiger partial charge on any atom is -0.378 e. The highest BCUT2D eigenvalue weighted by atomic mass is 35.5. The zero-order valence-corrected chi connectivity index (χ0v) is 12.3. The maximum absolute atomic E-state index is 13.4. The molecule has 0 bridgehead atoms. The van der Waals surface area contributed by atoms with Gasteiger partial charge in [0.05, 0.1) is 15.1 Å². The van der Waals surface area contributed by atoms with E-state index in [1.54, 1.807) is 24.3 Å². The van der Waals surface area contributed by atoms with Crippen LogP contribution in [-0.2, 0) is 0 Å². The normalized spacial score (nSPS) is 12.3. The monoisotopic (exact) mass is 317 g/mol. The van der Waals surface area contributed by atoms with E-state index in [9.17, 15) is 4.39 Å². The highest BCUT2D eigenvalue weighted by Gasteiger charge is 2.09. The average Bonchev–Trinajstić information content (AvgIpc) is 2.37. The summed E-state index contributed by atoms with van der Waals surface area (Å²) in [5.41, 5.74) is 1.62. The molecule has 100 valence electrons. The van der Waals surface area contributed by atoms with Crippen LogP contribution in [0.2, 0.25) is 15.1 Å². The van der Waals surface area contributed by atoms with Gasteiger partial charge in [0.2, 0.25) is 0 Å². The molecule has 2 rings (SSSR count). The van der Waals surface area contributed by atoms with Gasteiger partial charge in [0, 0.05) is 11.7 Å². The molecule has 0 aliphatic carbocycles. The average molecular weight is 319 g/mol. The summed E-state index contributed by atoms with van der Waals surface area (Å²) in [5.74, 6) is -0.429. The van der Waals surface area contributed by atoms with E-state index < -0.39 is 5.82 Å². The van der Waals surface area contributed by atoms with E-state index in [4.69, 9.17) is 34.8 Å². The van der Waals surface area contributed by atoms with Crippen molar-refractivity contribution in [1.82, 2.24) is 0 Å². The number of rotatable bonds is 3. The zero-order chi connectivity index (χ0) is 14.0. The first-order valence-corrected chi connectivity index (χ1v) is 6.77. The molecule has 1 atom stereocenters. The summed E-state index contributed by atoms with van der Waals surface area (Å²) in [6.07, 6.45) is 0. The Bertz CT molecular complexity index is 601. The molecule has 1 unspecified atom stereocenters. The van der Waals surface area contributed by atoms with Crippen molar-refractivity contribution in [2.24, 2.45) is 0 Å². The van der Waals surface area contributed by atoms with Crippen molar-refractivity contribution in [3.8, 4) is 0 Å². The number of hydrogen-bond acceptors (Lipinski definition) is 1. The van der Waals surface area contributed by atoms with Gasteiger partial charge in [-0.15, -0.1) is 0 Å². The van der Waals surface area contributed by atoms with Crippen LogP contribution in [0.25, 0.3) is 0 Å². The van der Waals surface area contributed by atoms with Gasteiger partial charge in [-0.3, -0.25) is 0 Å². The second-order valence-corrected chi connectivity index (χ2v) is 5.39. The van der Waals surface area contributed by atoms with E-state index in [0.29, 0.717) is 10.0 Å². The van der Waals surface area contributed by atoms with Crippen LogP contribution in [-0.4, -0.2) is 0 Å². The van der Waals surface area contributed by atoms with Crippen molar-refractivity contribution in [2.75, 3.05) is 5.32 Å². The van der Waals surface area contributed by atoms with Crippen LogP contribution in [0.15, 0.2) is 36.4 Å². The van der Waals surface area contributed by atoms with Gasteiger partial charge in [-0.05, 0) is 42.8 Å². The number of hydrogen-bond donors (Lipinski definition) is 1. The van der Waals surface area contributed by atoms with Crippen molar-refractivity contribution >= 4 is 40.5 Å². The number of anilines is 1. The molecular formula is C14H11Cl3FN. The molecule has 0 radical (unpaired) electrons. The van der Waals surface area contributed by atoms with E-state index in [1.165, 1.54) is 6.07 Å². The lowest BCUT2D eigenvalue weighted by atomic mass is 10.1. The molecule has 0 saturated heterocycles. The Morgan fingerprint density at radius 3 is 2.26 bits per heavy atom. The first-order valence-electron chi connectivity index (χ1n) is 5.64. The number of benzene rings is 2. The van der Waals surface area contributed by atoms with Crippen LogP contribution in [0.1, 0.15) is 18.5 Å². The quantitative estimate of drug-likeness (QED) is 0.736. The second-order valence-electron chi connectivity index (χ2n) is 4.17. The Labute approximate surface area is 126 Å². The van der Waals surface area contributed by atoms with Gasteiger partial charge in [0.1, 0.15) is 5.82 Å². The summed E-state index contributed by atoms with van der Waals surface area (Å²) in [6.45, 7) is 1.92. The summed E-state index contributed by atoms with van der Waals surface area (Å²) in [7, 11) is 0. The Hall–Kier alpha value is -0.960. The second kappa shape index (κ2) is 6.00. The van der Waals surface area contributed by atoms with E-state index in [1.807, 2.05) is 13.0 Å². The van der Waals surface area contributed by atoms with Crippen LogP contribution >= 0.6 is 34.8 Å². The lowest BCUT2D eigenvalue weighted by molar-refractivity contribution is 0.624. The maximum atomic E-state index is 13.4. The minimum atomic E-state index is -0.429. The summed E-state index contributed by atoms with van der Waals surface area (Å²) in [6, 6.07) is 9.91. The third-order valence-electron chi connectivity index (χ3n) is 2.75. The molecule has 0 aliphatic heterocycles. The van der Waals surface area contributed by atoms with E-state index >= 15 is 0 Å². The van der Waals surface area contributed by atoms with Crippen molar-refractivity contribution < 1.29 is 4.39 Å². The first kappa shape index (κ1) is 14.4. The lowest BCUT2D eigenvalue weighted by Crippen LogP contribution is -2.06. The summed E-state index contributed by atoms with van der Waals surface area (Å²) >= 11 is 17.4. The van der Waals surface area contributed by atoms with Gasteiger partial charge < -0.3 is 5.32 Å². The number of nitrogens with one attached hydrogen (secondary N) is 1. The third kappa shape index (κ3) is 3.53. The van der Waals surface area contributed by atoms with Gasteiger partial charge in [-0.1, -0.05) is 40.9 Å². The van der Waals surface area contributed by atoms with E-state index in [-0.39, 0.29) is 11.1 Å². The van der Waals surface area contributed by atoms with Crippen molar-refractivity contribution in [2.45, 2.75) is 13.0 Å². The molecule has 0 amide bonds.